The summed E-state index contributed by atoms with van der Waals surface area (Å²) in [5.41, 5.74) is 4.88. The van der Waals surface area contributed by atoms with Crippen molar-refractivity contribution in [1.82, 2.24) is 0 Å². The van der Waals surface area contributed by atoms with Crippen molar-refractivity contribution in [2.24, 2.45) is 11.8 Å². The van der Waals surface area contributed by atoms with Crippen LogP contribution in [0.25, 0.3) is 22.3 Å². The van der Waals surface area contributed by atoms with Crippen LogP contribution in [0.5, 0.6) is 0 Å². The summed E-state index contributed by atoms with van der Waals surface area (Å²) in [6.45, 7) is 3.84. The Balaban J connectivity index is 1.38. The third kappa shape index (κ3) is 5.18. The molecule has 0 saturated carbocycles. The van der Waals surface area contributed by atoms with Crippen molar-refractivity contribution >= 4 is 0 Å². The van der Waals surface area contributed by atoms with Crippen molar-refractivity contribution < 1.29 is 8.78 Å². The second-order valence-corrected chi connectivity index (χ2v) is 9.14. The van der Waals surface area contributed by atoms with Gasteiger partial charge in [-0.25, -0.2) is 8.78 Å². The van der Waals surface area contributed by atoms with Gasteiger partial charge in [-0.2, -0.15) is 0 Å². The van der Waals surface area contributed by atoms with E-state index in [0.29, 0.717) is 22.6 Å². The maximum atomic E-state index is 14.3. The van der Waals surface area contributed by atoms with Crippen molar-refractivity contribution in [2.75, 3.05) is 0 Å². The van der Waals surface area contributed by atoms with Crippen molar-refractivity contribution in [3.8, 4) is 22.3 Å². The second-order valence-electron chi connectivity index (χ2n) is 9.14. The van der Waals surface area contributed by atoms with E-state index in [9.17, 15) is 8.78 Å². The van der Waals surface area contributed by atoms with Crippen molar-refractivity contribution in [3.05, 3.63) is 95.6 Å². The zero-order valence-electron chi connectivity index (χ0n) is 19.1. The van der Waals surface area contributed by atoms with Crippen LogP contribution in [0, 0.1) is 30.4 Å². The molecule has 0 radical (unpaired) electrons. The van der Waals surface area contributed by atoms with E-state index in [1.165, 1.54) is 37.7 Å². The van der Waals surface area contributed by atoms with E-state index in [4.69, 9.17) is 0 Å². The molecule has 166 valence electrons. The van der Waals surface area contributed by atoms with Gasteiger partial charge in [0.15, 0.2) is 11.6 Å². The number of hydrogen-bond acceptors (Lipinski definition) is 0. The zero-order chi connectivity index (χ0) is 22.5. The second kappa shape index (κ2) is 10.3. The Morgan fingerprint density at radius 3 is 1.84 bits per heavy atom. The number of benzene rings is 3. The minimum Gasteiger partial charge on any atom is -0.203 e. The Labute approximate surface area is 191 Å². The molecule has 0 aliphatic heterocycles. The quantitative estimate of drug-likeness (QED) is 0.328. The van der Waals surface area contributed by atoms with Gasteiger partial charge in [-0.05, 0) is 78.7 Å². The topological polar surface area (TPSA) is 0 Å². The van der Waals surface area contributed by atoms with Gasteiger partial charge in [0.2, 0.25) is 0 Å². The summed E-state index contributed by atoms with van der Waals surface area (Å²) in [5.74, 6) is -0.0479. The van der Waals surface area contributed by atoms with E-state index in [1.54, 1.807) is 19.1 Å². The van der Waals surface area contributed by atoms with Crippen LogP contribution in [0.15, 0.2) is 72.8 Å². The first-order valence-corrected chi connectivity index (χ1v) is 11.9. The third-order valence-electron chi connectivity index (χ3n) is 6.79. The fourth-order valence-corrected chi connectivity index (χ4v) is 4.71. The van der Waals surface area contributed by atoms with E-state index in [1.807, 2.05) is 24.3 Å². The molecule has 0 bridgehead atoms. The summed E-state index contributed by atoms with van der Waals surface area (Å²) in [6, 6.07) is 19.7. The molecule has 32 heavy (non-hydrogen) atoms. The molecular formula is C30H32F2. The van der Waals surface area contributed by atoms with Crippen LogP contribution in [-0.2, 0) is 6.42 Å². The third-order valence-corrected chi connectivity index (χ3v) is 6.79. The Bertz CT molecular complexity index is 1060. The SMILES string of the molecule is CCCC1C=CC(CCc2ccc(-c3ccc(-c4ccc(C)c(F)c4F)cc3)cc2)CC1. The van der Waals surface area contributed by atoms with Crippen LogP contribution in [0.3, 0.4) is 0 Å². The van der Waals surface area contributed by atoms with Gasteiger partial charge in [0.25, 0.3) is 0 Å². The first kappa shape index (κ1) is 22.5. The monoisotopic (exact) mass is 430 g/mol. The van der Waals surface area contributed by atoms with E-state index in [2.05, 4.69) is 43.3 Å². The average molecular weight is 431 g/mol. The number of aryl methyl sites for hydroxylation is 2. The van der Waals surface area contributed by atoms with Gasteiger partial charge in [0, 0.05) is 5.56 Å². The van der Waals surface area contributed by atoms with Crippen molar-refractivity contribution in [3.63, 3.8) is 0 Å². The highest BCUT2D eigenvalue weighted by atomic mass is 19.2. The summed E-state index contributed by atoms with van der Waals surface area (Å²) in [5, 5.41) is 0. The number of allylic oxidation sites excluding steroid dienone is 2. The maximum Gasteiger partial charge on any atom is 0.166 e. The first-order chi connectivity index (χ1) is 15.5. The average Bonchev–Trinajstić information content (AvgIpc) is 2.83. The molecule has 3 aromatic carbocycles. The smallest absolute Gasteiger partial charge is 0.166 e. The highest BCUT2D eigenvalue weighted by Gasteiger charge is 2.15. The van der Waals surface area contributed by atoms with Gasteiger partial charge >= 0.3 is 0 Å². The summed E-state index contributed by atoms with van der Waals surface area (Å²) in [4.78, 5) is 0. The molecule has 0 spiro atoms. The van der Waals surface area contributed by atoms with Crippen LogP contribution >= 0.6 is 0 Å². The molecule has 2 unspecified atom stereocenters. The van der Waals surface area contributed by atoms with E-state index in [0.717, 1.165) is 23.5 Å². The lowest BCUT2D eigenvalue weighted by atomic mass is 9.83. The van der Waals surface area contributed by atoms with Crippen molar-refractivity contribution in [1.29, 1.82) is 0 Å². The van der Waals surface area contributed by atoms with E-state index < -0.39 is 11.6 Å². The van der Waals surface area contributed by atoms with Crippen molar-refractivity contribution in [2.45, 2.75) is 52.4 Å². The molecule has 3 aromatic rings. The number of rotatable bonds is 7. The summed E-state index contributed by atoms with van der Waals surface area (Å²) in [6.07, 6.45) is 12.5. The van der Waals surface area contributed by atoms with Crippen LogP contribution in [0.2, 0.25) is 0 Å². The molecule has 2 heteroatoms. The fraction of sp³-hybridized carbons (Fsp3) is 0.333. The normalized spacial score (nSPS) is 18.1. The molecule has 4 rings (SSSR count). The minimum atomic E-state index is -0.782. The predicted molar refractivity (Wildman–Crippen MR) is 131 cm³/mol. The highest BCUT2D eigenvalue weighted by Crippen LogP contribution is 2.30. The largest absolute Gasteiger partial charge is 0.203 e. The number of hydrogen-bond donors (Lipinski definition) is 0. The molecule has 2 atom stereocenters. The van der Waals surface area contributed by atoms with Gasteiger partial charge in [0.1, 0.15) is 0 Å². The lowest BCUT2D eigenvalue weighted by Crippen LogP contribution is -2.09. The minimum absolute atomic E-state index is 0.299. The molecule has 0 fully saturated rings. The van der Waals surface area contributed by atoms with Crippen LogP contribution in [-0.4, -0.2) is 0 Å². The highest BCUT2D eigenvalue weighted by molar-refractivity contribution is 5.71. The predicted octanol–water partition coefficient (Wildman–Crippen LogP) is 8.92. The molecule has 0 amide bonds. The molecule has 0 N–H and O–H groups in total. The summed E-state index contributed by atoms with van der Waals surface area (Å²) in [7, 11) is 0. The molecular weight excluding hydrogens is 398 g/mol. The lowest BCUT2D eigenvalue weighted by Gasteiger charge is -2.22. The van der Waals surface area contributed by atoms with Gasteiger partial charge in [0.05, 0.1) is 0 Å². The molecule has 1 aliphatic carbocycles. The standard InChI is InChI=1S/C30H32F2/c1-3-4-22-6-8-23(9-7-22)10-11-24-12-14-25(15-13-24)26-16-18-27(19-17-26)28-20-5-21(2)29(31)30(28)32/h5-6,8,12-20,22-23H,3-4,7,9-11H2,1-2H3. The first-order valence-electron chi connectivity index (χ1n) is 11.9. The molecule has 0 aromatic heterocycles. The summed E-state index contributed by atoms with van der Waals surface area (Å²) >= 11 is 0. The van der Waals surface area contributed by atoms with Gasteiger partial charge in [-0.3, -0.25) is 0 Å². The number of halogens is 2. The fourth-order valence-electron chi connectivity index (χ4n) is 4.71. The van der Waals surface area contributed by atoms with Crippen LogP contribution < -0.4 is 0 Å². The lowest BCUT2D eigenvalue weighted by molar-refractivity contribution is 0.418. The Kier molecular flexibility index (Phi) is 7.19. The maximum absolute atomic E-state index is 14.3. The summed E-state index contributed by atoms with van der Waals surface area (Å²) < 4.78 is 28.2. The van der Waals surface area contributed by atoms with E-state index in [-0.39, 0.29) is 0 Å². The molecule has 0 nitrogen and oxygen atoms in total. The van der Waals surface area contributed by atoms with Gasteiger partial charge in [-0.15, -0.1) is 0 Å². The molecule has 1 aliphatic rings. The Morgan fingerprint density at radius 1 is 0.688 bits per heavy atom. The van der Waals surface area contributed by atoms with Gasteiger partial charge < -0.3 is 0 Å². The molecule has 0 heterocycles. The Hall–Kier alpha value is -2.74. The molecule has 0 saturated heterocycles. The van der Waals surface area contributed by atoms with Crippen LogP contribution in [0.4, 0.5) is 8.78 Å². The van der Waals surface area contributed by atoms with E-state index >= 15 is 0 Å². The van der Waals surface area contributed by atoms with Gasteiger partial charge in [-0.1, -0.05) is 86.2 Å². The van der Waals surface area contributed by atoms with Crippen LogP contribution in [0.1, 0.15) is 50.2 Å². The zero-order valence-corrected chi connectivity index (χ0v) is 19.1. The Morgan fingerprint density at radius 2 is 1.25 bits per heavy atom.